The molecular weight excluding hydrogens is 373 g/mol. The molecule has 1 N–H and O–H groups in total. The number of fused-ring (bicyclic) bond motifs is 2. The number of aryl methyl sites for hydroxylation is 2. The fourth-order valence-electron chi connectivity index (χ4n) is 4.03. The second-order valence-corrected chi connectivity index (χ2v) is 7.64. The van der Waals surface area contributed by atoms with Crippen molar-refractivity contribution >= 4 is 34.7 Å². The maximum atomic E-state index is 12.0. The Bertz CT molecular complexity index is 962. The van der Waals surface area contributed by atoms with Gasteiger partial charge < -0.3 is 10.0 Å². The van der Waals surface area contributed by atoms with Gasteiger partial charge in [0.2, 0.25) is 5.91 Å². The first-order chi connectivity index (χ1) is 12.4. The molecule has 4 rings (SSSR count). The minimum absolute atomic E-state index is 0.247. The summed E-state index contributed by atoms with van der Waals surface area (Å²) in [4.78, 5) is 13.7. The fraction of sp³-hybridized carbons (Fsp3) is 0.368. The van der Waals surface area contributed by atoms with Gasteiger partial charge in [0, 0.05) is 25.7 Å². The molecule has 0 bridgehead atoms. The second-order valence-electron chi connectivity index (χ2n) is 6.85. The summed E-state index contributed by atoms with van der Waals surface area (Å²) in [6, 6.07) is 3.92. The summed E-state index contributed by atoms with van der Waals surface area (Å²) >= 11 is 13.0. The Hall–Kier alpha value is -1.82. The molecule has 5 nitrogen and oxygen atoms in total. The molecule has 7 heteroatoms. The first-order valence-electron chi connectivity index (χ1n) is 8.52. The molecule has 0 spiro atoms. The van der Waals surface area contributed by atoms with Gasteiger partial charge in [-0.3, -0.25) is 9.48 Å². The Kier molecular flexibility index (Phi) is 4.34. The van der Waals surface area contributed by atoms with Crippen molar-refractivity contribution in [1.29, 1.82) is 0 Å². The zero-order valence-corrected chi connectivity index (χ0v) is 16.2. The van der Waals surface area contributed by atoms with Crippen molar-refractivity contribution in [3.05, 3.63) is 44.6 Å². The Morgan fingerprint density at radius 3 is 2.77 bits per heavy atom. The van der Waals surface area contributed by atoms with Crippen molar-refractivity contribution in [2.75, 3.05) is 19.7 Å². The van der Waals surface area contributed by atoms with Crippen molar-refractivity contribution in [2.45, 2.75) is 19.8 Å². The molecule has 26 heavy (non-hydrogen) atoms. The number of rotatable bonds is 2. The Morgan fingerprint density at radius 1 is 1.35 bits per heavy atom. The predicted molar refractivity (Wildman–Crippen MR) is 102 cm³/mol. The first-order valence-corrected chi connectivity index (χ1v) is 9.28. The zero-order valence-electron chi connectivity index (χ0n) is 14.6. The van der Waals surface area contributed by atoms with Gasteiger partial charge in [-0.2, -0.15) is 5.10 Å². The van der Waals surface area contributed by atoms with Crippen LogP contribution in [0.25, 0.3) is 16.8 Å². The average Bonchev–Trinajstić information content (AvgIpc) is 3.16. The number of benzene rings is 1. The van der Waals surface area contributed by atoms with Crippen LogP contribution in [0.1, 0.15) is 23.2 Å². The zero-order chi connectivity index (χ0) is 18.6. The van der Waals surface area contributed by atoms with E-state index in [0.717, 1.165) is 46.5 Å². The minimum Gasteiger partial charge on any atom is -0.387 e. The Balaban J connectivity index is 1.89. The third-order valence-corrected chi connectivity index (χ3v) is 6.06. The largest absolute Gasteiger partial charge is 0.387 e. The molecule has 0 fully saturated rings. The molecular formula is C19H19Cl2N3O2. The van der Waals surface area contributed by atoms with E-state index in [1.807, 2.05) is 30.8 Å². The molecule has 2 aromatic rings. The number of halogens is 2. The highest BCUT2D eigenvalue weighted by molar-refractivity contribution is 6.43. The number of aliphatic hydroxyl groups excluding tert-OH is 1. The molecule has 1 aromatic heterocycles. The summed E-state index contributed by atoms with van der Waals surface area (Å²) in [7, 11) is 1.91. The van der Waals surface area contributed by atoms with Crippen molar-refractivity contribution in [3.63, 3.8) is 0 Å². The van der Waals surface area contributed by atoms with Crippen LogP contribution in [0, 0.1) is 6.92 Å². The number of aromatic nitrogens is 2. The lowest BCUT2D eigenvalue weighted by Crippen LogP contribution is -2.37. The summed E-state index contributed by atoms with van der Waals surface area (Å²) in [5.74, 6) is -0.247. The third kappa shape index (κ3) is 2.66. The van der Waals surface area contributed by atoms with Crippen LogP contribution in [-0.2, 0) is 18.3 Å². The van der Waals surface area contributed by atoms with Crippen LogP contribution < -0.4 is 0 Å². The van der Waals surface area contributed by atoms with E-state index in [2.05, 4.69) is 5.10 Å². The smallest absolute Gasteiger partial charge is 0.248 e. The number of hydrogen-bond donors (Lipinski definition) is 1. The number of nitrogens with zero attached hydrogens (tertiary/aromatic N) is 3. The van der Waals surface area contributed by atoms with Crippen LogP contribution in [0.3, 0.4) is 0 Å². The molecule has 1 aliphatic carbocycles. The monoisotopic (exact) mass is 391 g/mol. The molecule has 136 valence electrons. The van der Waals surface area contributed by atoms with Gasteiger partial charge in [0.1, 0.15) is 6.61 Å². The highest BCUT2D eigenvalue weighted by atomic mass is 35.5. The standard InChI is InChI=1S/C19H19Cl2N3O2/c1-10-5-16(23(2)22-10)12-7-15(20)19(21)13-6-11-3-4-24(17(26)9-25)8-14(11)18(12)13/h5,7,25H,3-4,6,8-9H2,1-2H3. The molecule has 0 atom stereocenters. The molecule has 0 saturated carbocycles. The van der Waals surface area contributed by atoms with Crippen LogP contribution in [-0.4, -0.2) is 45.4 Å². The maximum Gasteiger partial charge on any atom is 0.248 e. The predicted octanol–water partition coefficient (Wildman–Crippen LogP) is 3.24. The van der Waals surface area contributed by atoms with Crippen LogP contribution >= 0.6 is 23.2 Å². The average molecular weight is 392 g/mol. The molecule has 1 aromatic carbocycles. The van der Waals surface area contributed by atoms with Gasteiger partial charge in [0.15, 0.2) is 0 Å². The van der Waals surface area contributed by atoms with Crippen molar-refractivity contribution < 1.29 is 9.90 Å². The molecule has 2 heterocycles. The Morgan fingerprint density at radius 2 is 2.12 bits per heavy atom. The van der Waals surface area contributed by atoms with Gasteiger partial charge in [-0.1, -0.05) is 28.8 Å². The van der Waals surface area contributed by atoms with E-state index < -0.39 is 6.61 Å². The van der Waals surface area contributed by atoms with E-state index in [1.165, 1.54) is 5.57 Å². The van der Waals surface area contributed by atoms with Gasteiger partial charge in [0.25, 0.3) is 0 Å². The van der Waals surface area contributed by atoms with E-state index in [9.17, 15) is 9.90 Å². The Labute approximate surface area is 161 Å². The second kappa shape index (κ2) is 6.41. The highest BCUT2D eigenvalue weighted by Gasteiger charge is 2.33. The minimum atomic E-state index is -0.468. The molecule has 1 amide bonds. The van der Waals surface area contributed by atoms with Crippen LogP contribution in [0.15, 0.2) is 17.7 Å². The molecule has 0 radical (unpaired) electrons. The lowest BCUT2D eigenvalue weighted by molar-refractivity contribution is -0.133. The van der Waals surface area contributed by atoms with E-state index in [-0.39, 0.29) is 5.91 Å². The van der Waals surface area contributed by atoms with Gasteiger partial charge in [-0.05, 0) is 48.6 Å². The van der Waals surface area contributed by atoms with E-state index in [0.29, 0.717) is 23.1 Å². The van der Waals surface area contributed by atoms with Gasteiger partial charge in [0.05, 0.1) is 21.4 Å². The number of carbonyl (C=O) groups is 1. The fourth-order valence-corrected chi connectivity index (χ4v) is 4.47. The summed E-state index contributed by atoms with van der Waals surface area (Å²) in [5.41, 5.74) is 7.39. The van der Waals surface area contributed by atoms with E-state index in [4.69, 9.17) is 23.2 Å². The van der Waals surface area contributed by atoms with Crippen LogP contribution in [0.5, 0.6) is 0 Å². The van der Waals surface area contributed by atoms with Crippen LogP contribution in [0.2, 0.25) is 10.0 Å². The number of aliphatic hydroxyl groups is 1. The lowest BCUT2D eigenvalue weighted by Gasteiger charge is -2.28. The SMILES string of the molecule is Cc1cc(-c2cc(Cl)c(Cl)c3c2C2=C(CCN(C(=O)CO)C2)C3)n(C)n1. The maximum absolute atomic E-state index is 12.0. The number of carbonyl (C=O) groups excluding carboxylic acids is 1. The third-order valence-electron chi connectivity index (χ3n) is 5.23. The number of hydrogen-bond acceptors (Lipinski definition) is 3. The molecule has 1 aliphatic heterocycles. The lowest BCUT2D eigenvalue weighted by atomic mass is 9.94. The summed E-state index contributed by atoms with van der Waals surface area (Å²) in [6.07, 6.45) is 1.54. The van der Waals surface area contributed by atoms with Gasteiger partial charge >= 0.3 is 0 Å². The van der Waals surface area contributed by atoms with E-state index >= 15 is 0 Å². The number of amides is 1. The van der Waals surface area contributed by atoms with Crippen molar-refractivity contribution in [3.8, 4) is 11.3 Å². The highest BCUT2D eigenvalue weighted by Crippen LogP contribution is 2.47. The summed E-state index contributed by atoms with van der Waals surface area (Å²) in [5, 5.41) is 14.8. The molecule has 0 unspecified atom stereocenters. The van der Waals surface area contributed by atoms with Crippen molar-refractivity contribution in [2.24, 2.45) is 7.05 Å². The quantitative estimate of drug-likeness (QED) is 0.854. The summed E-state index contributed by atoms with van der Waals surface area (Å²) in [6.45, 7) is 2.60. The molecule has 2 aliphatic rings. The van der Waals surface area contributed by atoms with Crippen LogP contribution in [0.4, 0.5) is 0 Å². The van der Waals surface area contributed by atoms with E-state index in [1.54, 1.807) is 4.90 Å². The molecule has 0 saturated heterocycles. The normalized spacial score (nSPS) is 16.1. The topological polar surface area (TPSA) is 58.4 Å². The van der Waals surface area contributed by atoms with Gasteiger partial charge in [-0.15, -0.1) is 0 Å². The summed E-state index contributed by atoms with van der Waals surface area (Å²) < 4.78 is 1.84. The first kappa shape index (κ1) is 17.6. The van der Waals surface area contributed by atoms with Crippen molar-refractivity contribution in [1.82, 2.24) is 14.7 Å². The van der Waals surface area contributed by atoms with Gasteiger partial charge in [-0.25, -0.2) is 0 Å².